The molecule has 31 heavy (non-hydrogen) atoms. The number of hydrogen-bond acceptors (Lipinski definition) is 5. The van der Waals surface area contributed by atoms with Gasteiger partial charge in [-0.15, -0.1) is 10.2 Å². The Morgan fingerprint density at radius 1 is 1.13 bits per heavy atom. The van der Waals surface area contributed by atoms with Crippen molar-refractivity contribution in [2.75, 3.05) is 30.4 Å². The van der Waals surface area contributed by atoms with E-state index >= 15 is 0 Å². The SMILES string of the molecule is COc1ccc(-c2ccc(N3CCCC(C(=O)Nc4cccc(Cl)c4C)C3)nn2)cc1. The number of rotatable bonds is 5. The van der Waals surface area contributed by atoms with Crippen molar-refractivity contribution in [3.63, 3.8) is 0 Å². The zero-order valence-electron chi connectivity index (χ0n) is 17.6. The van der Waals surface area contributed by atoms with E-state index in [-0.39, 0.29) is 11.8 Å². The van der Waals surface area contributed by atoms with Crippen molar-refractivity contribution in [2.24, 2.45) is 5.92 Å². The molecule has 160 valence electrons. The minimum absolute atomic E-state index is 0.0119. The maximum Gasteiger partial charge on any atom is 0.229 e. The Hall–Kier alpha value is -3.12. The minimum atomic E-state index is -0.116. The van der Waals surface area contributed by atoms with Crippen LogP contribution in [0.15, 0.2) is 54.6 Å². The second-order valence-corrected chi connectivity index (χ2v) is 8.10. The van der Waals surface area contributed by atoms with Crippen LogP contribution in [0.2, 0.25) is 5.02 Å². The number of nitrogens with one attached hydrogen (secondary N) is 1. The monoisotopic (exact) mass is 436 g/mol. The lowest BCUT2D eigenvalue weighted by Gasteiger charge is -2.32. The molecule has 1 amide bonds. The van der Waals surface area contributed by atoms with Crippen LogP contribution in [0.4, 0.5) is 11.5 Å². The largest absolute Gasteiger partial charge is 0.497 e. The van der Waals surface area contributed by atoms with Crippen molar-refractivity contribution >= 4 is 29.0 Å². The van der Waals surface area contributed by atoms with Crippen LogP contribution in [0.3, 0.4) is 0 Å². The van der Waals surface area contributed by atoms with Gasteiger partial charge in [0.25, 0.3) is 0 Å². The van der Waals surface area contributed by atoms with E-state index in [2.05, 4.69) is 20.4 Å². The van der Waals surface area contributed by atoms with E-state index in [0.29, 0.717) is 11.6 Å². The number of piperidine rings is 1. The Kier molecular flexibility index (Phi) is 6.37. The molecule has 1 saturated heterocycles. The average molecular weight is 437 g/mol. The van der Waals surface area contributed by atoms with E-state index in [0.717, 1.165) is 53.5 Å². The molecular weight excluding hydrogens is 412 g/mol. The van der Waals surface area contributed by atoms with Gasteiger partial charge < -0.3 is 15.0 Å². The molecule has 0 saturated carbocycles. The summed E-state index contributed by atoms with van der Waals surface area (Å²) in [5, 5.41) is 12.5. The number of halogens is 1. The molecule has 0 aliphatic carbocycles. The highest BCUT2D eigenvalue weighted by molar-refractivity contribution is 6.31. The number of ether oxygens (including phenoxy) is 1. The van der Waals surface area contributed by atoms with Crippen LogP contribution in [-0.2, 0) is 4.79 Å². The summed E-state index contributed by atoms with van der Waals surface area (Å²) in [6, 6.07) is 17.2. The van der Waals surface area contributed by atoms with Crippen LogP contribution in [0, 0.1) is 12.8 Å². The fourth-order valence-electron chi connectivity index (χ4n) is 3.79. The molecule has 1 aromatic heterocycles. The van der Waals surface area contributed by atoms with Crippen molar-refractivity contribution in [3.8, 4) is 17.0 Å². The summed E-state index contributed by atoms with van der Waals surface area (Å²) in [4.78, 5) is 15.0. The first-order chi connectivity index (χ1) is 15.0. The number of amides is 1. The molecule has 1 atom stereocenters. The first kappa shape index (κ1) is 21.1. The third kappa shape index (κ3) is 4.80. The van der Waals surface area contributed by atoms with Gasteiger partial charge in [-0.25, -0.2) is 0 Å². The van der Waals surface area contributed by atoms with E-state index in [4.69, 9.17) is 16.3 Å². The van der Waals surface area contributed by atoms with Gasteiger partial charge in [-0.1, -0.05) is 17.7 Å². The summed E-state index contributed by atoms with van der Waals surface area (Å²) in [6.07, 6.45) is 1.77. The lowest BCUT2D eigenvalue weighted by molar-refractivity contribution is -0.120. The first-order valence-electron chi connectivity index (χ1n) is 10.3. The normalized spacial score (nSPS) is 16.1. The fraction of sp³-hybridized carbons (Fsp3) is 0.292. The number of hydrogen-bond donors (Lipinski definition) is 1. The predicted molar refractivity (Wildman–Crippen MR) is 124 cm³/mol. The van der Waals surface area contributed by atoms with Crippen LogP contribution in [0.1, 0.15) is 18.4 Å². The van der Waals surface area contributed by atoms with Crippen molar-refractivity contribution in [3.05, 3.63) is 65.2 Å². The maximum atomic E-state index is 12.9. The smallest absolute Gasteiger partial charge is 0.229 e. The molecule has 1 unspecified atom stereocenters. The molecule has 3 aromatic rings. The summed E-state index contributed by atoms with van der Waals surface area (Å²) in [5.41, 5.74) is 3.42. The Balaban J connectivity index is 1.43. The Morgan fingerprint density at radius 3 is 2.65 bits per heavy atom. The molecular formula is C24H25ClN4O2. The van der Waals surface area contributed by atoms with E-state index in [9.17, 15) is 4.79 Å². The molecule has 2 aromatic carbocycles. The lowest BCUT2D eigenvalue weighted by Crippen LogP contribution is -2.41. The van der Waals surface area contributed by atoms with Gasteiger partial charge in [0.1, 0.15) is 5.75 Å². The highest BCUT2D eigenvalue weighted by Gasteiger charge is 2.27. The van der Waals surface area contributed by atoms with E-state index < -0.39 is 0 Å². The molecule has 1 aliphatic heterocycles. The van der Waals surface area contributed by atoms with Crippen LogP contribution >= 0.6 is 11.6 Å². The number of nitrogens with zero attached hydrogens (tertiary/aromatic N) is 3. The van der Waals surface area contributed by atoms with Crippen molar-refractivity contribution in [1.82, 2.24) is 10.2 Å². The van der Waals surface area contributed by atoms with E-state index in [1.165, 1.54) is 0 Å². The van der Waals surface area contributed by atoms with Gasteiger partial charge in [0.15, 0.2) is 5.82 Å². The van der Waals surface area contributed by atoms with E-state index in [1.807, 2.05) is 61.5 Å². The summed E-state index contributed by atoms with van der Waals surface area (Å²) in [7, 11) is 1.64. The second-order valence-electron chi connectivity index (χ2n) is 7.69. The number of methoxy groups -OCH3 is 1. The van der Waals surface area contributed by atoms with E-state index in [1.54, 1.807) is 7.11 Å². The first-order valence-corrected chi connectivity index (χ1v) is 10.7. The zero-order chi connectivity index (χ0) is 21.8. The molecule has 1 N–H and O–H groups in total. The van der Waals surface area contributed by atoms with Crippen molar-refractivity contribution in [1.29, 1.82) is 0 Å². The molecule has 6 nitrogen and oxygen atoms in total. The Bertz CT molecular complexity index is 1050. The number of carbonyl (C=O) groups excluding carboxylic acids is 1. The predicted octanol–water partition coefficient (Wildman–Crippen LogP) is 4.97. The molecule has 1 aliphatic rings. The molecule has 0 radical (unpaired) electrons. The third-order valence-corrected chi connectivity index (χ3v) is 6.09. The molecule has 7 heteroatoms. The fourth-order valence-corrected chi connectivity index (χ4v) is 3.96. The number of carbonyl (C=O) groups is 1. The minimum Gasteiger partial charge on any atom is -0.497 e. The second kappa shape index (κ2) is 9.35. The van der Waals surface area contributed by atoms with Gasteiger partial charge in [-0.3, -0.25) is 4.79 Å². The van der Waals surface area contributed by atoms with Crippen LogP contribution < -0.4 is 15.0 Å². The maximum absolute atomic E-state index is 12.9. The number of benzene rings is 2. The van der Waals surface area contributed by atoms with Gasteiger partial charge in [0, 0.05) is 29.4 Å². The quantitative estimate of drug-likeness (QED) is 0.611. The van der Waals surface area contributed by atoms with Gasteiger partial charge in [0.2, 0.25) is 5.91 Å². The molecule has 2 heterocycles. The highest BCUT2D eigenvalue weighted by Crippen LogP contribution is 2.27. The zero-order valence-corrected chi connectivity index (χ0v) is 18.4. The topological polar surface area (TPSA) is 67.3 Å². The molecule has 0 spiro atoms. The van der Waals surface area contributed by atoms with Gasteiger partial charge in [-0.05, 0) is 73.9 Å². The Morgan fingerprint density at radius 2 is 1.94 bits per heavy atom. The molecule has 0 bridgehead atoms. The van der Waals surface area contributed by atoms with Crippen LogP contribution in [0.5, 0.6) is 5.75 Å². The molecule has 4 rings (SSSR count). The summed E-state index contributed by atoms with van der Waals surface area (Å²) >= 11 is 6.18. The van der Waals surface area contributed by atoms with Crippen LogP contribution in [0.25, 0.3) is 11.3 Å². The highest BCUT2D eigenvalue weighted by atomic mass is 35.5. The standard InChI is InChI=1S/C24H25ClN4O2/c1-16-20(25)6-3-7-21(16)26-24(30)18-5-4-14-29(15-18)23-13-12-22(27-28-23)17-8-10-19(31-2)11-9-17/h3,6-13,18H,4-5,14-15H2,1-2H3,(H,26,30). The van der Waals surface area contributed by atoms with Gasteiger partial charge >= 0.3 is 0 Å². The summed E-state index contributed by atoms with van der Waals surface area (Å²) in [6.45, 7) is 3.38. The number of anilines is 2. The van der Waals surface area contributed by atoms with Crippen molar-refractivity contribution < 1.29 is 9.53 Å². The lowest BCUT2D eigenvalue weighted by atomic mass is 9.97. The average Bonchev–Trinajstić information content (AvgIpc) is 2.82. The summed E-state index contributed by atoms with van der Waals surface area (Å²) in [5.74, 6) is 1.49. The molecule has 1 fully saturated rings. The Labute approximate surface area is 187 Å². The third-order valence-electron chi connectivity index (χ3n) is 5.68. The summed E-state index contributed by atoms with van der Waals surface area (Å²) < 4.78 is 5.20. The number of aromatic nitrogens is 2. The van der Waals surface area contributed by atoms with Gasteiger partial charge in [-0.2, -0.15) is 0 Å². The van der Waals surface area contributed by atoms with Crippen molar-refractivity contribution in [2.45, 2.75) is 19.8 Å². The van der Waals surface area contributed by atoms with Crippen LogP contribution in [-0.4, -0.2) is 36.3 Å². The van der Waals surface area contributed by atoms with Gasteiger partial charge in [0.05, 0.1) is 18.7 Å².